The van der Waals surface area contributed by atoms with E-state index in [0.717, 1.165) is 41.8 Å². The van der Waals surface area contributed by atoms with Crippen molar-refractivity contribution in [3.63, 3.8) is 0 Å². The highest BCUT2D eigenvalue weighted by Crippen LogP contribution is 2.38. The van der Waals surface area contributed by atoms with Crippen molar-refractivity contribution in [1.82, 2.24) is 5.32 Å². The molecule has 59 heavy (non-hydrogen) atoms. The van der Waals surface area contributed by atoms with Gasteiger partial charge in [-0.25, -0.2) is 0 Å². The van der Waals surface area contributed by atoms with E-state index in [0.29, 0.717) is 11.6 Å². The van der Waals surface area contributed by atoms with Gasteiger partial charge in [-0.2, -0.15) is 0 Å². The van der Waals surface area contributed by atoms with Crippen molar-refractivity contribution in [2.24, 2.45) is 16.6 Å². The number of fused-ring (bicyclic) bond motifs is 7. The Bertz CT molecular complexity index is 3000. The third-order valence-corrected chi connectivity index (χ3v) is 12.5. The number of hydrogen-bond donors (Lipinski definition) is 2. The third kappa shape index (κ3) is 7.26. The molecule has 8 aromatic rings. The molecular formula is C56H47N3. The van der Waals surface area contributed by atoms with Crippen LogP contribution in [0.4, 0.5) is 0 Å². The van der Waals surface area contributed by atoms with Crippen LogP contribution in [0.15, 0.2) is 199 Å². The van der Waals surface area contributed by atoms with Crippen molar-refractivity contribution < 1.29 is 0 Å². The van der Waals surface area contributed by atoms with Gasteiger partial charge in [-0.1, -0.05) is 164 Å². The van der Waals surface area contributed by atoms with Gasteiger partial charge in [-0.05, 0) is 127 Å². The van der Waals surface area contributed by atoms with Gasteiger partial charge >= 0.3 is 0 Å². The topological polar surface area (TPSA) is 50.4 Å². The van der Waals surface area contributed by atoms with E-state index in [9.17, 15) is 0 Å². The fourth-order valence-electron chi connectivity index (χ4n) is 9.14. The van der Waals surface area contributed by atoms with Gasteiger partial charge in [0.25, 0.3) is 0 Å². The third-order valence-electron chi connectivity index (χ3n) is 12.5. The summed E-state index contributed by atoms with van der Waals surface area (Å²) in [7, 11) is 0. The summed E-state index contributed by atoms with van der Waals surface area (Å²) in [6.07, 6.45) is 15.1. The van der Waals surface area contributed by atoms with Crippen LogP contribution in [0.25, 0.3) is 65.5 Å². The Morgan fingerprint density at radius 1 is 0.644 bits per heavy atom. The van der Waals surface area contributed by atoms with Crippen LogP contribution < -0.4 is 11.1 Å². The fraction of sp³-hybridized carbons (Fsp3) is 0.125. The van der Waals surface area contributed by atoms with E-state index >= 15 is 0 Å². The molecule has 3 unspecified atom stereocenters. The van der Waals surface area contributed by atoms with Crippen molar-refractivity contribution in [3.8, 4) is 11.1 Å². The van der Waals surface area contributed by atoms with Crippen LogP contribution in [-0.4, -0.2) is 18.3 Å². The number of nitrogens with two attached hydrogens (primary N) is 1. The quantitative estimate of drug-likeness (QED) is 0.120. The molecule has 3 heteroatoms. The highest BCUT2D eigenvalue weighted by molar-refractivity contribution is 6.25. The van der Waals surface area contributed by atoms with Gasteiger partial charge in [0.1, 0.15) is 0 Å². The zero-order chi connectivity index (χ0) is 39.7. The second-order valence-corrected chi connectivity index (χ2v) is 16.2. The lowest BCUT2D eigenvalue weighted by molar-refractivity contribution is 0.547. The van der Waals surface area contributed by atoms with Crippen LogP contribution >= 0.6 is 0 Å². The minimum absolute atomic E-state index is 0.00205. The Morgan fingerprint density at radius 2 is 1.32 bits per heavy atom. The normalized spacial score (nSPS) is 17.7. The molecule has 0 amide bonds. The predicted molar refractivity (Wildman–Crippen MR) is 253 cm³/mol. The molecule has 286 valence electrons. The molecule has 3 nitrogen and oxygen atoms in total. The summed E-state index contributed by atoms with van der Waals surface area (Å²) in [5.74, 6) is 0.677. The molecule has 1 aliphatic heterocycles. The zero-order valence-corrected chi connectivity index (χ0v) is 33.4. The summed E-state index contributed by atoms with van der Waals surface area (Å²) in [5.41, 5.74) is 16.9. The minimum Gasteiger partial charge on any atom is -0.398 e. The Hall–Kier alpha value is -6.97. The first-order valence-corrected chi connectivity index (χ1v) is 20.9. The Kier molecular flexibility index (Phi) is 9.72. The maximum Gasteiger partial charge on any atom is 0.0671 e. The number of nitrogens with one attached hydrogen (secondary N) is 1. The molecule has 0 spiro atoms. The van der Waals surface area contributed by atoms with Crippen molar-refractivity contribution in [2.45, 2.75) is 31.7 Å². The van der Waals surface area contributed by atoms with Crippen molar-refractivity contribution in [1.29, 1.82) is 0 Å². The highest BCUT2D eigenvalue weighted by atomic mass is 14.8. The van der Waals surface area contributed by atoms with Gasteiger partial charge in [-0.15, -0.1) is 0 Å². The lowest BCUT2D eigenvalue weighted by atomic mass is 9.84. The average molecular weight is 762 g/mol. The van der Waals surface area contributed by atoms with Gasteiger partial charge in [0.05, 0.1) is 11.8 Å². The van der Waals surface area contributed by atoms with Crippen LogP contribution in [0.1, 0.15) is 47.9 Å². The van der Waals surface area contributed by atoms with Gasteiger partial charge in [0.2, 0.25) is 0 Å². The summed E-state index contributed by atoms with van der Waals surface area (Å²) < 4.78 is 0. The molecule has 2 aliphatic rings. The van der Waals surface area contributed by atoms with Crippen molar-refractivity contribution in [2.75, 3.05) is 6.54 Å². The fourth-order valence-corrected chi connectivity index (χ4v) is 9.14. The van der Waals surface area contributed by atoms with E-state index in [1.807, 2.05) is 0 Å². The average Bonchev–Trinajstić information content (AvgIpc) is 3.31. The van der Waals surface area contributed by atoms with Crippen molar-refractivity contribution >= 4 is 60.1 Å². The Labute approximate surface area is 346 Å². The van der Waals surface area contributed by atoms with Crippen LogP contribution in [0.5, 0.6) is 0 Å². The predicted octanol–water partition coefficient (Wildman–Crippen LogP) is 13.4. The summed E-state index contributed by atoms with van der Waals surface area (Å²) in [4.78, 5) is 5.53. The molecule has 0 radical (unpaired) electrons. The minimum atomic E-state index is -0.00205. The van der Waals surface area contributed by atoms with E-state index in [-0.39, 0.29) is 12.0 Å². The number of rotatable bonds is 8. The Morgan fingerprint density at radius 3 is 2.07 bits per heavy atom. The molecule has 0 saturated heterocycles. The number of allylic oxidation sites excluding steroid dienone is 5. The molecule has 8 aromatic carbocycles. The maximum absolute atomic E-state index is 6.98. The van der Waals surface area contributed by atoms with Gasteiger partial charge in [0.15, 0.2) is 0 Å². The van der Waals surface area contributed by atoms with Crippen LogP contribution in [0.2, 0.25) is 0 Å². The summed E-state index contributed by atoms with van der Waals surface area (Å²) in [5, 5.41) is 13.6. The van der Waals surface area contributed by atoms with E-state index in [1.165, 1.54) is 65.4 Å². The second-order valence-electron chi connectivity index (χ2n) is 16.2. The summed E-state index contributed by atoms with van der Waals surface area (Å²) in [6.45, 7) is 3.20. The first kappa shape index (κ1) is 36.4. The first-order valence-electron chi connectivity index (χ1n) is 20.9. The number of aliphatic imine (C=N–C) groups is 1. The standard InChI is InChI=1S/C56H47N3/c1-37(41-13-8-14-43(31-41)46-28-29-53-51-20-5-4-18-49(51)50-19-6-7-21-52(50)54(53)34-46)59-56(35-55(57)40-25-22-39(23-26-40)48-17-10-30-58-36-48)47-16-9-15-44(33-47)45-27-24-38-11-2-3-12-42(38)32-45/h2-16,18-30,32-35,37,41,48,58H,17,31,36,57H2,1H3/b55-35-,59-56+. The van der Waals surface area contributed by atoms with Crippen molar-refractivity contribution in [3.05, 3.63) is 217 Å². The SMILES string of the molecule is CC(/N=C(\C=C(/N)c1ccc(C2CC=CNC2)cc1)c1cccc(-c2ccc3ccccc3c2)c1)C1C=CC=C(c2ccc3c4ccccc4c4ccccc4c3c2)C1. The van der Waals surface area contributed by atoms with Gasteiger partial charge in [-0.3, -0.25) is 4.99 Å². The number of nitrogens with zero attached hydrogens (tertiary/aromatic N) is 1. The molecule has 0 saturated carbocycles. The monoisotopic (exact) mass is 761 g/mol. The molecule has 1 aliphatic carbocycles. The lowest BCUT2D eigenvalue weighted by Crippen LogP contribution is -2.19. The van der Waals surface area contributed by atoms with Crippen LogP contribution in [0, 0.1) is 5.92 Å². The maximum atomic E-state index is 6.98. The smallest absolute Gasteiger partial charge is 0.0671 e. The molecular weight excluding hydrogens is 715 g/mol. The van der Waals surface area contributed by atoms with E-state index in [1.54, 1.807) is 0 Å². The first-order chi connectivity index (χ1) is 29.1. The molecule has 0 aromatic heterocycles. The molecule has 3 atom stereocenters. The van der Waals surface area contributed by atoms with E-state index in [2.05, 4.69) is 207 Å². The van der Waals surface area contributed by atoms with Crippen LogP contribution in [-0.2, 0) is 0 Å². The number of hydrogen-bond acceptors (Lipinski definition) is 3. The summed E-state index contributed by atoms with van der Waals surface area (Å²) in [6, 6.07) is 57.3. The van der Waals surface area contributed by atoms with E-state index in [4.69, 9.17) is 10.7 Å². The number of benzene rings is 8. The molecule has 10 rings (SSSR count). The zero-order valence-electron chi connectivity index (χ0n) is 33.4. The molecule has 0 fully saturated rings. The second kappa shape index (κ2) is 15.8. The Balaban J connectivity index is 0.990. The van der Waals surface area contributed by atoms with E-state index < -0.39 is 0 Å². The molecule has 3 N–H and O–H groups in total. The molecule has 1 heterocycles. The summed E-state index contributed by atoms with van der Waals surface area (Å²) >= 11 is 0. The van der Waals surface area contributed by atoms with Crippen LogP contribution in [0.3, 0.4) is 0 Å². The lowest BCUT2D eigenvalue weighted by Gasteiger charge is -2.24. The highest BCUT2D eigenvalue weighted by Gasteiger charge is 2.21. The van der Waals surface area contributed by atoms with Gasteiger partial charge in [0, 0.05) is 29.6 Å². The largest absolute Gasteiger partial charge is 0.398 e. The van der Waals surface area contributed by atoms with Gasteiger partial charge < -0.3 is 11.1 Å². The molecule has 0 bridgehead atoms.